The molecule has 0 fully saturated rings. The number of hydrogen-bond donors (Lipinski definition) is 1. The maximum Gasteiger partial charge on any atom is 0.267 e. The SMILES string of the molecule is Cc1ccc(-n2c(=O)c3ccccc3n3c(SCCCc4cn[nH]c4)nnc23)c(C)c1. The van der Waals surface area contributed by atoms with Gasteiger partial charge >= 0.3 is 0 Å². The predicted octanol–water partition coefficient (Wildman–Crippen LogP) is 4.10. The van der Waals surface area contributed by atoms with Crippen molar-refractivity contribution < 1.29 is 0 Å². The number of rotatable bonds is 6. The maximum absolute atomic E-state index is 13.4. The summed E-state index contributed by atoms with van der Waals surface area (Å²) in [5.74, 6) is 1.43. The van der Waals surface area contributed by atoms with Crippen LogP contribution in [0.1, 0.15) is 23.1 Å². The third-order valence-electron chi connectivity index (χ3n) is 5.38. The Morgan fingerprint density at radius 1 is 1.10 bits per heavy atom. The first-order valence-corrected chi connectivity index (χ1v) is 11.2. The van der Waals surface area contributed by atoms with Crippen molar-refractivity contribution >= 4 is 28.4 Å². The molecule has 1 N–H and O–H groups in total. The van der Waals surface area contributed by atoms with E-state index >= 15 is 0 Å². The minimum absolute atomic E-state index is 0.0843. The summed E-state index contributed by atoms with van der Waals surface area (Å²) in [6, 6.07) is 13.7. The number of para-hydroxylation sites is 1. The highest BCUT2D eigenvalue weighted by atomic mass is 32.2. The van der Waals surface area contributed by atoms with Crippen molar-refractivity contribution in [1.82, 2.24) is 29.4 Å². The first kappa shape index (κ1) is 19.6. The molecule has 0 saturated heterocycles. The van der Waals surface area contributed by atoms with E-state index in [1.54, 1.807) is 16.3 Å². The second-order valence-electron chi connectivity index (χ2n) is 7.62. The normalized spacial score (nSPS) is 11.5. The van der Waals surface area contributed by atoms with Crippen LogP contribution in [0.15, 0.2) is 64.8 Å². The molecular weight excluding hydrogens is 408 g/mol. The van der Waals surface area contributed by atoms with Crippen molar-refractivity contribution in [3.05, 3.63) is 81.9 Å². The highest BCUT2D eigenvalue weighted by molar-refractivity contribution is 7.99. The van der Waals surface area contributed by atoms with Gasteiger partial charge in [0.1, 0.15) is 0 Å². The van der Waals surface area contributed by atoms with E-state index in [1.807, 2.05) is 67.0 Å². The van der Waals surface area contributed by atoms with E-state index in [2.05, 4.69) is 26.5 Å². The monoisotopic (exact) mass is 430 g/mol. The van der Waals surface area contributed by atoms with Crippen LogP contribution in [0.2, 0.25) is 0 Å². The molecule has 0 unspecified atom stereocenters. The Bertz CT molecular complexity index is 1430. The maximum atomic E-state index is 13.4. The summed E-state index contributed by atoms with van der Waals surface area (Å²) in [6.07, 6.45) is 5.72. The average molecular weight is 431 g/mol. The van der Waals surface area contributed by atoms with Gasteiger partial charge in [-0.05, 0) is 56.0 Å². The Balaban J connectivity index is 1.61. The number of hydrogen-bond acceptors (Lipinski definition) is 5. The molecule has 0 aliphatic carbocycles. The molecule has 0 spiro atoms. The molecule has 0 aliphatic rings. The minimum atomic E-state index is -0.0843. The summed E-state index contributed by atoms with van der Waals surface area (Å²) in [5.41, 5.74) is 4.94. The van der Waals surface area contributed by atoms with Crippen molar-refractivity contribution in [3.63, 3.8) is 0 Å². The second-order valence-corrected chi connectivity index (χ2v) is 8.69. The number of H-pyrrole nitrogens is 1. The van der Waals surface area contributed by atoms with E-state index in [9.17, 15) is 4.79 Å². The predicted molar refractivity (Wildman–Crippen MR) is 123 cm³/mol. The Kier molecular flexibility index (Phi) is 5.07. The van der Waals surface area contributed by atoms with E-state index in [-0.39, 0.29) is 5.56 Å². The van der Waals surface area contributed by atoms with Gasteiger partial charge in [0.15, 0.2) is 5.16 Å². The Labute approximate surface area is 183 Å². The van der Waals surface area contributed by atoms with Gasteiger partial charge in [-0.1, -0.05) is 41.6 Å². The van der Waals surface area contributed by atoms with Crippen LogP contribution in [0.4, 0.5) is 0 Å². The molecular formula is C23H22N6OS. The number of aromatic nitrogens is 6. The van der Waals surface area contributed by atoms with Gasteiger partial charge in [0.25, 0.3) is 5.56 Å². The van der Waals surface area contributed by atoms with Crippen LogP contribution < -0.4 is 5.56 Å². The van der Waals surface area contributed by atoms with Crippen LogP contribution in [-0.2, 0) is 6.42 Å². The standard InChI is InChI=1S/C23H22N6OS/c1-15-9-10-19(16(2)12-15)28-21(30)18-7-3-4-8-20(18)29-22(28)26-27-23(29)31-11-5-6-17-13-24-25-14-17/h3-4,7-10,12-14H,5-6,11H2,1-2H3,(H,24,25). The smallest absolute Gasteiger partial charge is 0.267 e. The van der Waals surface area contributed by atoms with Gasteiger partial charge in [0.2, 0.25) is 5.78 Å². The number of nitrogens with zero attached hydrogens (tertiary/aromatic N) is 5. The fourth-order valence-electron chi connectivity index (χ4n) is 3.90. The van der Waals surface area contributed by atoms with Gasteiger partial charge in [-0.2, -0.15) is 5.10 Å². The molecule has 156 valence electrons. The number of fused-ring (bicyclic) bond motifs is 3. The van der Waals surface area contributed by atoms with Crippen molar-refractivity contribution in [1.29, 1.82) is 0 Å². The van der Waals surface area contributed by atoms with Crippen molar-refractivity contribution in [2.24, 2.45) is 0 Å². The Hall–Kier alpha value is -3.39. The van der Waals surface area contributed by atoms with E-state index in [0.29, 0.717) is 11.2 Å². The van der Waals surface area contributed by atoms with Gasteiger partial charge in [-0.25, -0.2) is 4.57 Å². The van der Waals surface area contributed by atoms with Gasteiger partial charge < -0.3 is 0 Å². The first-order chi connectivity index (χ1) is 15.1. The first-order valence-electron chi connectivity index (χ1n) is 10.2. The van der Waals surface area contributed by atoms with Crippen LogP contribution in [0, 0.1) is 13.8 Å². The third kappa shape index (κ3) is 3.53. The van der Waals surface area contributed by atoms with Crippen LogP contribution in [0.5, 0.6) is 0 Å². The summed E-state index contributed by atoms with van der Waals surface area (Å²) in [7, 11) is 0. The largest absolute Gasteiger partial charge is 0.285 e. The molecule has 0 bridgehead atoms. The highest BCUT2D eigenvalue weighted by Gasteiger charge is 2.18. The number of nitrogens with one attached hydrogen (secondary N) is 1. The van der Waals surface area contributed by atoms with Crippen LogP contribution >= 0.6 is 11.8 Å². The molecule has 0 atom stereocenters. The zero-order chi connectivity index (χ0) is 21.4. The Morgan fingerprint density at radius 2 is 1.97 bits per heavy atom. The molecule has 2 aromatic carbocycles. The second kappa shape index (κ2) is 8.03. The lowest BCUT2D eigenvalue weighted by molar-refractivity contribution is 0.906. The van der Waals surface area contributed by atoms with Crippen molar-refractivity contribution in [3.8, 4) is 5.69 Å². The summed E-state index contributed by atoms with van der Waals surface area (Å²) in [6.45, 7) is 4.06. The van der Waals surface area contributed by atoms with Gasteiger partial charge in [0.05, 0.1) is 22.8 Å². The van der Waals surface area contributed by atoms with E-state index in [1.165, 1.54) is 5.56 Å². The average Bonchev–Trinajstić information content (AvgIpc) is 3.43. The fourth-order valence-corrected chi connectivity index (χ4v) is 4.78. The molecule has 5 rings (SSSR count). The van der Waals surface area contributed by atoms with Crippen molar-refractivity contribution in [2.45, 2.75) is 31.8 Å². The summed E-state index contributed by atoms with van der Waals surface area (Å²) in [4.78, 5) is 13.4. The molecule has 3 aromatic heterocycles. The highest BCUT2D eigenvalue weighted by Crippen LogP contribution is 2.25. The third-order valence-corrected chi connectivity index (χ3v) is 6.40. The van der Waals surface area contributed by atoms with Crippen molar-refractivity contribution in [2.75, 3.05) is 5.75 Å². The zero-order valence-electron chi connectivity index (χ0n) is 17.4. The minimum Gasteiger partial charge on any atom is -0.285 e. The zero-order valence-corrected chi connectivity index (χ0v) is 18.2. The van der Waals surface area contributed by atoms with E-state index in [4.69, 9.17) is 0 Å². The quantitative estimate of drug-likeness (QED) is 0.324. The molecule has 0 aliphatic heterocycles. The molecule has 31 heavy (non-hydrogen) atoms. The van der Waals surface area contributed by atoms with E-state index in [0.717, 1.165) is 46.1 Å². The number of aryl methyl sites for hydroxylation is 3. The van der Waals surface area contributed by atoms with Gasteiger partial charge in [-0.15, -0.1) is 10.2 Å². The lowest BCUT2D eigenvalue weighted by atomic mass is 10.1. The molecule has 5 aromatic rings. The molecule has 0 radical (unpaired) electrons. The molecule has 7 nitrogen and oxygen atoms in total. The van der Waals surface area contributed by atoms with Crippen LogP contribution in [-0.4, -0.2) is 35.1 Å². The summed E-state index contributed by atoms with van der Waals surface area (Å²) >= 11 is 1.65. The summed E-state index contributed by atoms with van der Waals surface area (Å²) < 4.78 is 3.68. The molecule has 3 heterocycles. The lowest BCUT2D eigenvalue weighted by Gasteiger charge is -2.13. The number of thioether (sulfide) groups is 1. The number of aromatic amines is 1. The summed E-state index contributed by atoms with van der Waals surface area (Å²) in [5, 5.41) is 17.2. The van der Waals surface area contributed by atoms with Crippen LogP contribution in [0.3, 0.4) is 0 Å². The molecule has 8 heteroatoms. The fraction of sp³-hybridized carbons (Fsp3) is 0.217. The topological polar surface area (TPSA) is 80.9 Å². The number of benzene rings is 2. The van der Waals surface area contributed by atoms with Gasteiger partial charge in [0, 0.05) is 11.9 Å². The molecule has 0 amide bonds. The lowest BCUT2D eigenvalue weighted by Crippen LogP contribution is -2.22. The van der Waals surface area contributed by atoms with Crippen LogP contribution in [0.25, 0.3) is 22.4 Å². The van der Waals surface area contributed by atoms with E-state index < -0.39 is 0 Å². The Morgan fingerprint density at radius 3 is 2.77 bits per heavy atom. The van der Waals surface area contributed by atoms with Gasteiger partial charge in [-0.3, -0.25) is 14.3 Å². The molecule has 0 saturated carbocycles.